The fourth-order valence-electron chi connectivity index (χ4n) is 3.42. The number of hydrogen-bond acceptors (Lipinski definition) is 3. The quantitative estimate of drug-likeness (QED) is 0.591. The molecular formula is C10H17KO4S. The van der Waals surface area contributed by atoms with Gasteiger partial charge in [0.2, 0.25) is 0 Å². The van der Waals surface area contributed by atoms with E-state index in [4.69, 9.17) is 4.55 Å². The minimum absolute atomic E-state index is 0. The van der Waals surface area contributed by atoms with Crippen LogP contribution in [0.2, 0.25) is 0 Å². The molecule has 88 valence electrons. The van der Waals surface area contributed by atoms with Gasteiger partial charge in [0.1, 0.15) is 5.78 Å². The average Bonchev–Trinajstić information content (AvgIpc) is 2.34. The molecular weight excluding hydrogens is 255 g/mol. The Morgan fingerprint density at radius 1 is 1.44 bits per heavy atom. The molecule has 2 bridgehead atoms. The van der Waals surface area contributed by atoms with E-state index in [0.29, 0.717) is 12.8 Å². The molecule has 0 spiro atoms. The van der Waals surface area contributed by atoms with Gasteiger partial charge in [-0.25, -0.2) is 0 Å². The van der Waals surface area contributed by atoms with Crippen LogP contribution in [0.5, 0.6) is 0 Å². The molecule has 0 aromatic carbocycles. The number of carbonyl (C=O) groups is 1. The molecule has 2 atom stereocenters. The Hall–Kier alpha value is 1.22. The predicted octanol–water partition coefficient (Wildman–Crippen LogP) is 0.621. The molecule has 0 amide bonds. The van der Waals surface area contributed by atoms with Gasteiger partial charge in [-0.3, -0.25) is 9.35 Å². The first-order valence-corrected chi connectivity index (χ1v) is 6.78. The van der Waals surface area contributed by atoms with Crippen LogP contribution in [0, 0.1) is 16.7 Å². The monoisotopic (exact) mass is 272 g/mol. The number of ketones is 1. The van der Waals surface area contributed by atoms with E-state index in [1.165, 1.54) is 0 Å². The van der Waals surface area contributed by atoms with Gasteiger partial charge in [0.25, 0.3) is 10.1 Å². The van der Waals surface area contributed by atoms with Crippen LogP contribution in [0.3, 0.4) is 0 Å². The molecule has 1 N–H and O–H groups in total. The standard InChI is InChI=1S/C10H16O4S.K.H/c1-9(2)7-3-4-10(9,8(11)5-7)6-15(12,13)14;;/h7H,3-6H2,1-2H3,(H,12,13,14);;. The zero-order chi connectivity index (χ0) is 11.5. The van der Waals surface area contributed by atoms with Gasteiger partial charge in [-0.05, 0) is 24.2 Å². The van der Waals surface area contributed by atoms with Crippen LogP contribution in [0.15, 0.2) is 0 Å². The molecule has 2 aliphatic carbocycles. The van der Waals surface area contributed by atoms with Gasteiger partial charge in [-0.15, -0.1) is 0 Å². The molecule has 0 aliphatic heterocycles. The Bertz CT molecular complexity index is 415. The number of hydrogen-bond donors (Lipinski definition) is 1. The van der Waals surface area contributed by atoms with Crippen molar-refractivity contribution >= 4 is 67.3 Å². The molecule has 0 heterocycles. The summed E-state index contributed by atoms with van der Waals surface area (Å²) in [5, 5.41) is 0. The summed E-state index contributed by atoms with van der Waals surface area (Å²) in [7, 11) is -4.08. The Balaban J connectivity index is 0.00000128. The van der Waals surface area contributed by atoms with Crippen molar-refractivity contribution in [3.05, 3.63) is 0 Å². The van der Waals surface area contributed by atoms with Crippen molar-refractivity contribution in [1.82, 2.24) is 0 Å². The van der Waals surface area contributed by atoms with E-state index in [2.05, 4.69) is 0 Å². The first-order chi connectivity index (χ1) is 6.69. The third-order valence-electron chi connectivity index (χ3n) is 4.57. The number of carbonyl (C=O) groups excluding carboxylic acids is 1. The Morgan fingerprint density at radius 2 is 2.00 bits per heavy atom. The first kappa shape index (κ1) is 15.3. The number of rotatable bonds is 2. The van der Waals surface area contributed by atoms with E-state index in [-0.39, 0.29) is 68.5 Å². The van der Waals surface area contributed by atoms with Crippen LogP contribution in [-0.2, 0) is 14.9 Å². The molecule has 2 fully saturated rings. The Labute approximate surface area is 139 Å². The van der Waals surface area contributed by atoms with Crippen LogP contribution >= 0.6 is 0 Å². The second-order valence-electron chi connectivity index (χ2n) is 5.39. The average molecular weight is 272 g/mol. The van der Waals surface area contributed by atoms with E-state index in [9.17, 15) is 13.2 Å². The van der Waals surface area contributed by atoms with E-state index in [1.54, 1.807) is 0 Å². The van der Waals surface area contributed by atoms with Gasteiger partial charge >= 0.3 is 51.4 Å². The fourth-order valence-corrected chi connectivity index (χ4v) is 4.72. The summed E-state index contributed by atoms with van der Waals surface area (Å²) in [4.78, 5) is 11.9. The van der Waals surface area contributed by atoms with Crippen molar-refractivity contribution in [3.63, 3.8) is 0 Å². The molecule has 2 rings (SSSR count). The van der Waals surface area contributed by atoms with Crippen LogP contribution in [-0.4, -0.2) is 75.9 Å². The van der Waals surface area contributed by atoms with Crippen molar-refractivity contribution in [2.24, 2.45) is 16.7 Å². The molecule has 16 heavy (non-hydrogen) atoms. The summed E-state index contributed by atoms with van der Waals surface area (Å²) in [5.74, 6) is -0.101. The number of fused-ring (bicyclic) bond motifs is 2. The van der Waals surface area contributed by atoms with E-state index in [1.807, 2.05) is 13.8 Å². The van der Waals surface area contributed by atoms with Gasteiger partial charge in [0.05, 0.1) is 11.2 Å². The zero-order valence-corrected chi connectivity index (χ0v) is 9.80. The van der Waals surface area contributed by atoms with Crippen molar-refractivity contribution in [3.8, 4) is 0 Å². The number of Topliss-reactive ketones (excluding diaryl/α,β-unsaturated/α-hetero) is 1. The molecule has 0 aromatic heterocycles. The second-order valence-corrected chi connectivity index (χ2v) is 6.85. The topological polar surface area (TPSA) is 71.4 Å². The summed E-state index contributed by atoms with van der Waals surface area (Å²) in [6.07, 6.45) is 1.97. The molecule has 0 aromatic rings. The third kappa shape index (κ3) is 2.11. The maximum atomic E-state index is 11.9. The fraction of sp³-hybridized carbons (Fsp3) is 0.900. The van der Waals surface area contributed by atoms with Crippen molar-refractivity contribution in [2.75, 3.05) is 5.75 Å². The van der Waals surface area contributed by atoms with Gasteiger partial charge in [0, 0.05) is 6.42 Å². The Kier molecular flexibility index (Phi) is 4.20. The summed E-state index contributed by atoms with van der Waals surface area (Å²) < 4.78 is 31.0. The first-order valence-electron chi connectivity index (χ1n) is 5.17. The maximum absolute atomic E-state index is 11.9. The normalized spacial score (nSPS) is 36.2. The van der Waals surface area contributed by atoms with Gasteiger partial charge in [-0.2, -0.15) is 8.42 Å². The molecule has 2 aliphatic rings. The van der Waals surface area contributed by atoms with E-state index < -0.39 is 21.3 Å². The molecule has 4 nitrogen and oxygen atoms in total. The van der Waals surface area contributed by atoms with Crippen LogP contribution < -0.4 is 0 Å². The van der Waals surface area contributed by atoms with Gasteiger partial charge in [0.15, 0.2) is 0 Å². The van der Waals surface area contributed by atoms with Crippen molar-refractivity contribution in [1.29, 1.82) is 0 Å². The Morgan fingerprint density at radius 3 is 2.31 bits per heavy atom. The summed E-state index contributed by atoms with van der Waals surface area (Å²) >= 11 is 0. The summed E-state index contributed by atoms with van der Waals surface area (Å²) in [6.45, 7) is 3.89. The van der Waals surface area contributed by atoms with Gasteiger partial charge < -0.3 is 0 Å². The zero-order valence-electron chi connectivity index (χ0n) is 8.99. The second kappa shape index (κ2) is 4.40. The van der Waals surface area contributed by atoms with E-state index in [0.717, 1.165) is 6.42 Å². The third-order valence-corrected chi connectivity index (χ3v) is 5.43. The molecule has 0 saturated heterocycles. The summed E-state index contributed by atoms with van der Waals surface area (Å²) in [5.41, 5.74) is -1.12. The molecule has 2 saturated carbocycles. The van der Waals surface area contributed by atoms with Crippen molar-refractivity contribution < 1.29 is 17.8 Å². The minimum atomic E-state index is -4.08. The van der Waals surface area contributed by atoms with Crippen LogP contribution in [0.1, 0.15) is 33.1 Å². The predicted molar refractivity (Wildman–Crippen MR) is 62.1 cm³/mol. The van der Waals surface area contributed by atoms with Crippen molar-refractivity contribution in [2.45, 2.75) is 33.1 Å². The molecule has 0 radical (unpaired) electrons. The van der Waals surface area contributed by atoms with E-state index >= 15 is 0 Å². The molecule has 2 unspecified atom stereocenters. The van der Waals surface area contributed by atoms with Crippen LogP contribution in [0.4, 0.5) is 0 Å². The van der Waals surface area contributed by atoms with Gasteiger partial charge in [-0.1, -0.05) is 13.8 Å². The van der Waals surface area contributed by atoms with Crippen LogP contribution in [0.25, 0.3) is 0 Å². The SMILES string of the molecule is CC1(C)C2CCC1(CS(=O)(=O)O)C(=O)C2.[KH]. The molecule has 6 heteroatoms. The summed E-state index contributed by atoms with van der Waals surface area (Å²) in [6, 6.07) is 0.